The van der Waals surface area contributed by atoms with E-state index in [0.717, 1.165) is 0 Å². The highest BCUT2D eigenvalue weighted by Gasteiger charge is 2.23. The largest absolute Gasteiger partial charge is 0.480 e. The minimum Gasteiger partial charge on any atom is -0.480 e. The van der Waals surface area contributed by atoms with Gasteiger partial charge in [0.15, 0.2) is 0 Å². The number of hydrogen-bond donors (Lipinski definition) is 1. The van der Waals surface area contributed by atoms with Crippen LogP contribution >= 0.6 is 0 Å². The number of hydrogen-bond acceptors (Lipinski definition) is 4. The first kappa shape index (κ1) is 19.7. The SMILES string of the molecule is COCCCN(CCOC)C(=O)N(CC(=O)O)CC(C)C. The number of aliphatic carboxylic acids is 1. The molecule has 0 atom stereocenters. The molecule has 0 radical (unpaired) electrons. The summed E-state index contributed by atoms with van der Waals surface area (Å²) in [7, 11) is 3.18. The fourth-order valence-corrected chi connectivity index (χ4v) is 1.92. The first-order chi connectivity index (χ1) is 9.92. The van der Waals surface area contributed by atoms with Crippen molar-refractivity contribution in [1.29, 1.82) is 0 Å². The Morgan fingerprint density at radius 3 is 2.14 bits per heavy atom. The maximum Gasteiger partial charge on any atom is 0.323 e. The van der Waals surface area contributed by atoms with E-state index in [9.17, 15) is 9.59 Å². The van der Waals surface area contributed by atoms with Crippen LogP contribution in [0.1, 0.15) is 20.3 Å². The molecule has 0 spiro atoms. The zero-order chi connectivity index (χ0) is 16.3. The molecule has 1 N–H and O–H groups in total. The average molecular weight is 304 g/mol. The number of amides is 2. The summed E-state index contributed by atoms with van der Waals surface area (Å²) in [6.45, 7) is 5.96. The van der Waals surface area contributed by atoms with Crippen LogP contribution in [0.4, 0.5) is 4.79 Å². The molecule has 7 nitrogen and oxygen atoms in total. The second-order valence-electron chi connectivity index (χ2n) is 5.28. The average Bonchev–Trinajstić information content (AvgIpc) is 2.40. The molecule has 2 amide bonds. The molecule has 0 aliphatic heterocycles. The van der Waals surface area contributed by atoms with Crippen molar-refractivity contribution in [2.75, 3.05) is 53.6 Å². The van der Waals surface area contributed by atoms with Crippen LogP contribution in [-0.4, -0.2) is 80.5 Å². The molecular formula is C14H28N2O5. The molecule has 21 heavy (non-hydrogen) atoms. The maximum atomic E-state index is 12.5. The first-order valence-electron chi connectivity index (χ1n) is 7.15. The Balaban J connectivity index is 4.75. The monoisotopic (exact) mass is 304 g/mol. The van der Waals surface area contributed by atoms with Crippen LogP contribution in [0, 0.1) is 5.92 Å². The van der Waals surface area contributed by atoms with E-state index in [1.54, 1.807) is 19.1 Å². The number of carboxylic acids is 1. The quantitative estimate of drug-likeness (QED) is 0.579. The molecule has 0 heterocycles. The summed E-state index contributed by atoms with van der Waals surface area (Å²) in [5.41, 5.74) is 0. The zero-order valence-corrected chi connectivity index (χ0v) is 13.5. The lowest BCUT2D eigenvalue weighted by Crippen LogP contribution is -2.48. The highest BCUT2D eigenvalue weighted by Crippen LogP contribution is 2.05. The lowest BCUT2D eigenvalue weighted by atomic mass is 10.2. The zero-order valence-electron chi connectivity index (χ0n) is 13.5. The van der Waals surface area contributed by atoms with E-state index in [1.165, 1.54) is 4.90 Å². The number of carboxylic acid groups (broad SMARTS) is 1. The van der Waals surface area contributed by atoms with Gasteiger partial charge in [-0.05, 0) is 12.3 Å². The molecule has 0 aliphatic rings. The predicted octanol–water partition coefficient (Wildman–Crippen LogP) is 1.13. The summed E-state index contributed by atoms with van der Waals surface area (Å²) in [5.74, 6) is -0.802. The Morgan fingerprint density at radius 1 is 1.05 bits per heavy atom. The van der Waals surface area contributed by atoms with Crippen molar-refractivity contribution in [2.45, 2.75) is 20.3 Å². The second-order valence-corrected chi connectivity index (χ2v) is 5.28. The van der Waals surface area contributed by atoms with Crippen molar-refractivity contribution < 1.29 is 24.2 Å². The Kier molecular flexibility index (Phi) is 10.6. The van der Waals surface area contributed by atoms with E-state index in [-0.39, 0.29) is 18.5 Å². The fraction of sp³-hybridized carbons (Fsp3) is 0.857. The summed E-state index contributed by atoms with van der Waals surface area (Å²) < 4.78 is 10.00. The van der Waals surface area contributed by atoms with E-state index in [1.807, 2.05) is 13.8 Å². The molecule has 0 aromatic rings. The van der Waals surface area contributed by atoms with Crippen molar-refractivity contribution >= 4 is 12.0 Å². The second kappa shape index (κ2) is 11.3. The van der Waals surface area contributed by atoms with Gasteiger partial charge in [0.25, 0.3) is 0 Å². The predicted molar refractivity (Wildman–Crippen MR) is 79.4 cm³/mol. The third-order valence-corrected chi connectivity index (χ3v) is 2.79. The summed E-state index contributed by atoms with van der Waals surface area (Å²) in [4.78, 5) is 26.4. The molecule has 0 saturated heterocycles. The minimum absolute atomic E-state index is 0.205. The minimum atomic E-state index is -1.01. The van der Waals surface area contributed by atoms with E-state index in [2.05, 4.69) is 0 Å². The standard InChI is InChI=1S/C14H28N2O5/c1-12(2)10-16(11-13(17)18)14(19)15(7-9-21-4)6-5-8-20-3/h12H,5-11H2,1-4H3,(H,17,18). The van der Waals surface area contributed by atoms with Crippen LogP contribution in [0.25, 0.3) is 0 Å². The number of carbonyl (C=O) groups excluding carboxylic acids is 1. The highest BCUT2D eigenvalue weighted by atomic mass is 16.5. The third-order valence-electron chi connectivity index (χ3n) is 2.79. The molecule has 0 unspecified atom stereocenters. The summed E-state index contributed by atoms with van der Waals surface area (Å²) in [6.07, 6.45) is 0.703. The summed E-state index contributed by atoms with van der Waals surface area (Å²) in [5, 5.41) is 8.96. The Hall–Kier alpha value is -1.34. The molecule has 0 aromatic heterocycles. The van der Waals surface area contributed by atoms with E-state index < -0.39 is 5.97 Å². The number of carbonyl (C=O) groups is 2. The molecule has 124 valence electrons. The van der Waals surface area contributed by atoms with Crippen molar-refractivity contribution in [2.24, 2.45) is 5.92 Å². The Labute approximate surface area is 126 Å². The van der Waals surface area contributed by atoms with Gasteiger partial charge in [0, 0.05) is 40.5 Å². The topological polar surface area (TPSA) is 79.3 Å². The summed E-state index contributed by atoms with van der Waals surface area (Å²) >= 11 is 0. The van der Waals surface area contributed by atoms with Gasteiger partial charge >= 0.3 is 12.0 Å². The van der Waals surface area contributed by atoms with Crippen molar-refractivity contribution in [1.82, 2.24) is 9.80 Å². The molecule has 0 bridgehead atoms. The van der Waals surface area contributed by atoms with Crippen molar-refractivity contribution in [3.05, 3.63) is 0 Å². The van der Waals surface area contributed by atoms with Crippen molar-refractivity contribution in [3.63, 3.8) is 0 Å². The fourth-order valence-electron chi connectivity index (χ4n) is 1.92. The molecule has 0 aliphatic carbocycles. The molecule has 0 rings (SSSR count). The van der Waals surface area contributed by atoms with Crippen LogP contribution in [0.5, 0.6) is 0 Å². The number of ether oxygens (including phenoxy) is 2. The molecular weight excluding hydrogens is 276 g/mol. The molecule has 0 saturated carbocycles. The number of rotatable bonds is 11. The lowest BCUT2D eigenvalue weighted by molar-refractivity contribution is -0.137. The Bertz CT molecular complexity index is 310. The van der Waals surface area contributed by atoms with E-state index in [4.69, 9.17) is 14.6 Å². The summed E-state index contributed by atoms with van der Waals surface area (Å²) in [6, 6.07) is -0.265. The molecule has 0 fully saturated rings. The number of nitrogens with zero attached hydrogens (tertiary/aromatic N) is 2. The lowest BCUT2D eigenvalue weighted by Gasteiger charge is -2.30. The van der Waals surface area contributed by atoms with Gasteiger partial charge in [-0.3, -0.25) is 4.79 Å². The van der Waals surface area contributed by atoms with Crippen LogP contribution in [-0.2, 0) is 14.3 Å². The van der Waals surface area contributed by atoms with Crippen LogP contribution in [0.3, 0.4) is 0 Å². The normalized spacial score (nSPS) is 10.7. The molecule has 7 heteroatoms. The van der Waals surface area contributed by atoms with Gasteiger partial charge in [0.1, 0.15) is 6.54 Å². The van der Waals surface area contributed by atoms with E-state index >= 15 is 0 Å². The first-order valence-corrected chi connectivity index (χ1v) is 7.15. The van der Waals surface area contributed by atoms with Gasteiger partial charge in [-0.15, -0.1) is 0 Å². The van der Waals surface area contributed by atoms with Crippen molar-refractivity contribution in [3.8, 4) is 0 Å². The van der Waals surface area contributed by atoms with Gasteiger partial charge in [0.05, 0.1) is 6.61 Å². The van der Waals surface area contributed by atoms with Crippen LogP contribution < -0.4 is 0 Å². The van der Waals surface area contributed by atoms with Crippen LogP contribution in [0.2, 0.25) is 0 Å². The Morgan fingerprint density at radius 2 is 1.67 bits per heavy atom. The number of methoxy groups -OCH3 is 2. The number of urea groups is 1. The maximum absolute atomic E-state index is 12.5. The smallest absolute Gasteiger partial charge is 0.323 e. The van der Waals surface area contributed by atoms with Gasteiger partial charge in [-0.2, -0.15) is 0 Å². The van der Waals surface area contributed by atoms with E-state index in [0.29, 0.717) is 39.3 Å². The highest BCUT2D eigenvalue weighted by molar-refractivity contribution is 5.80. The van der Waals surface area contributed by atoms with Gasteiger partial charge in [0.2, 0.25) is 0 Å². The van der Waals surface area contributed by atoms with Gasteiger partial charge < -0.3 is 24.4 Å². The third kappa shape index (κ3) is 9.25. The van der Waals surface area contributed by atoms with Gasteiger partial charge in [-0.25, -0.2) is 4.79 Å². The van der Waals surface area contributed by atoms with Crippen LogP contribution in [0.15, 0.2) is 0 Å². The molecule has 0 aromatic carbocycles. The van der Waals surface area contributed by atoms with Gasteiger partial charge in [-0.1, -0.05) is 13.8 Å².